The molecule has 1 saturated carbocycles. The lowest BCUT2D eigenvalue weighted by Gasteiger charge is -2.34. The van der Waals surface area contributed by atoms with Gasteiger partial charge in [0.1, 0.15) is 0 Å². The summed E-state index contributed by atoms with van der Waals surface area (Å²) < 4.78 is 1.16. The highest BCUT2D eigenvalue weighted by molar-refractivity contribution is 9.10. The summed E-state index contributed by atoms with van der Waals surface area (Å²) >= 11 is 3.47. The van der Waals surface area contributed by atoms with Gasteiger partial charge >= 0.3 is 0 Å². The van der Waals surface area contributed by atoms with E-state index in [2.05, 4.69) is 59.4 Å². The Hall–Kier alpha value is -0.340. The molecule has 2 unspecified atom stereocenters. The van der Waals surface area contributed by atoms with E-state index in [9.17, 15) is 0 Å². The van der Waals surface area contributed by atoms with Crippen molar-refractivity contribution < 1.29 is 0 Å². The van der Waals surface area contributed by atoms with Gasteiger partial charge in [0.15, 0.2) is 0 Å². The third-order valence-corrected chi connectivity index (χ3v) is 4.39. The lowest BCUT2D eigenvalue weighted by atomic mass is 9.80. The third-order valence-electron chi connectivity index (χ3n) is 3.86. The molecule has 1 aromatic carbocycles. The second kappa shape index (κ2) is 6.01. The van der Waals surface area contributed by atoms with E-state index < -0.39 is 0 Å². The van der Waals surface area contributed by atoms with Crippen molar-refractivity contribution in [3.63, 3.8) is 0 Å². The average molecular weight is 296 g/mol. The van der Waals surface area contributed by atoms with Gasteiger partial charge in [0.2, 0.25) is 0 Å². The molecule has 1 fully saturated rings. The molecular formula is C15H22BrN. The first-order chi connectivity index (χ1) is 8.15. The van der Waals surface area contributed by atoms with Crippen molar-refractivity contribution in [2.75, 3.05) is 0 Å². The zero-order valence-corrected chi connectivity index (χ0v) is 12.3. The van der Waals surface area contributed by atoms with Crippen molar-refractivity contribution in [3.8, 4) is 0 Å². The number of rotatable bonds is 5. The average Bonchev–Trinajstić information content (AvgIpc) is 2.18. The van der Waals surface area contributed by atoms with Crippen molar-refractivity contribution in [1.29, 1.82) is 0 Å². The highest BCUT2D eigenvalue weighted by Gasteiger charge is 2.24. The number of nitrogens with one attached hydrogen (secondary N) is 1. The van der Waals surface area contributed by atoms with E-state index in [0.717, 1.165) is 16.8 Å². The van der Waals surface area contributed by atoms with Crippen molar-refractivity contribution in [1.82, 2.24) is 5.32 Å². The van der Waals surface area contributed by atoms with Gasteiger partial charge in [-0.1, -0.05) is 34.5 Å². The molecule has 1 aliphatic rings. The van der Waals surface area contributed by atoms with E-state index in [1.165, 1.54) is 24.8 Å². The third kappa shape index (κ3) is 3.82. The van der Waals surface area contributed by atoms with Gasteiger partial charge in [0.25, 0.3) is 0 Å². The van der Waals surface area contributed by atoms with Crippen LogP contribution in [-0.2, 0) is 6.42 Å². The largest absolute Gasteiger partial charge is 0.311 e. The summed E-state index contributed by atoms with van der Waals surface area (Å²) in [5, 5.41) is 3.73. The van der Waals surface area contributed by atoms with Crippen LogP contribution < -0.4 is 5.32 Å². The van der Waals surface area contributed by atoms with E-state index in [4.69, 9.17) is 0 Å². The van der Waals surface area contributed by atoms with Crippen LogP contribution in [0.5, 0.6) is 0 Å². The van der Waals surface area contributed by atoms with Crippen LogP contribution in [0.15, 0.2) is 28.7 Å². The molecule has 1 N–H and O–H groups in total. The maximum Gasteiger partial charge on any atom is 0.0175 e. The van der Waals surface area contributed by atoms with Crippen molar-refractivity contribution in [2.24, 2.45) is 5.92 Å². The minimum Gasteiger partial charge on any atom is -0.311 e. The minimum absolute atomic E-state index is 0.562. The van der Waals surface area contributed by atoms with Crippen LogP contribution >= 0.6 is 15.9 Å². The van der Waals surface area contributed by atoms with E-state index in [-0.39, 0.29) is 0 Å². The molecule has 0 aliphatic heterocycles. The van der Waals surface area contributed by atoms with E-state index in [1.54, 1.807) is 0 Å². The quantitative estimate of drug-likeness (QED) is 0.860. The summed E-state index contributed by atoms with van der Waals surface area (Å²) in [5.41, 5.74) is 1.41. The van der Waals surface area contributed by atoms with Crippen LogP contribution in [0.1, 0.15) is 38.7 Å². The molecule has 0 amide bonds. The van der Waals surface area contributed by atoms with Crippen molar-refractivity contribution in [3.05, 3.63) is 34.3 Å². The summed E-state index contributed by atoms with van der Waals surface area (Å²) in [6.45, 7) is 4.62. The first-order valence-corrected chi connectivity index (χ1v) is 7.45. The second-order valence-electron chi connectivity index (χ2n) is 5.38. The van der Waals surface area contributed by atoms with Gasteiger partial charge in [-0.05, 0) is 56.7 Å². The first-order valence-electron chi connectivity index (χ1n) is 6.65. The van der Waals surface area contributed by atoms with Crippen molar-refractivity contribution >= 4 is 15.9 Å². The van der Waals surface area contributed by atoms with Crippen LogP contribution in [0.4, 0.5) is 0 Å². The standard InChI is InChI=1S/C15H22BrN/c1-11(17-12(2)14-4-3-5-14)10-13-6-8-15(16)9-7-13/h6-9,11-12,14,17H,3-5,10H2,1-2H3. The maximum atomic E-state index is 3.73. The minimum atomic E-state index is 0.562. The summed E-state index contributed by atoms with van der Waals surface area (Å²) in [4.78, 5) is 0. The van der Waals surface area contributed by atoms with E-state index in [1.807, 2.05) is 0 Å². The highest BCUT2D eigenvalue weighted by atomic mass is 79.9. The molecule has 0 saturated heterocycles. The summed E-state index contributed by atoms with van der Waals surface area (Å²) in [5.74, 6) is 0.919. The fourth-order valence-corrected chi connectivity index (χ4v) is 2.82. The van der Waals surface area contributed by atoms with E-state index >= 15 is 0 Å². The van der Waals surface area contributed by atoms with Gasteiger partial charge < -0.3 is 5.32 Å². The first kappa shape index (κ1) is 13.1. The maximum absolute atomic E-state index is 3.73. The number of halogens is 1. The Balaban J connectivity index is 1.79. The topological polar surface area (TPSA) is 12.0 Å². The molecule has 0 heterocycles. The number of benzene rings is 1. The van der Waals surface area contributed by atoms with Gasteiger partial charge in [-0.25, -0.2) is 0 Å². The zero-order valence-electron chi connectivity index (χ0n) is 10.7. The predicted molar refractivity (Wildman–Crippen MR) is 77.2 cm³/mol. The fraction of sp³-hybridized carbons (Fsp3) is 0.600. The molecule has 1 nitrogen and oxygen atoms in total. The van der Waals surface area contributed by atoms with Gasteiger partial charge in [0, 0.05) is 16.6 Å². The van der Waals surface area contributed by atoms with E-state index in [0.29, 0.717) is 12.1 Å². The normalized spacial score (nSPS) is 19.7. The summed E-state index contributed by atoms with van der Waals surface area (Å²) in [7, 11) is 0. The Bertz CT molecular complexity index is 342. The van der Waals surface area contributed by atoms with Crippen LogP contribution in [0.2, 0.25) is 0 Å². The van der Waals surface area contributed by atoms with Gasteiger partial charge in [0.05, 0.1) is 0 Å². The molecule has 0 spiro atoms. The molecular weight excluding hydrogens is 274 g/mol. The van der Waals surface area contributed by atoms with Crippen LogP contribution in [-0.4, -0.2) is 12.1 Å². The Labute approximate surface area is 113 Å². The smallest absolute Gasteiger partial charge is 0.0175 e. The van der Waals surface area contributed by atoms with Crippen molar-refractivity contribution in [2.45, 2.75) is 51.6 Å². The molecule has 1 aromatic rings. The Morgan fingerprint density at radius 1 is 1.24 bits per heavy atom. The highest BCUT2D eigenvalue weighted by Crippen LogP contribution is 2.29. The molecule has 1 aliphatic carbocycles. The summed E-state index contributed by atoms with van der Waals surface area (Å²) in [6, 6.07) is 9.89. The lowest BCUT2D eigenvalue weighted by molar-refractivity contribution is 0.229. The van der Waals surface area contributed by atoms with Gasteiger partial charge in [-0.15, -0.1) is 0 Å². The van der Waals surface area contributed by atoms with Crippen LogP contribution in [0.25, 0.3) is 0 Å². The molecule has 0 aromatic heterocycles. The summed E-state index contributed by atoms with van der Waals surface area (Å²) in [6.07, 6.45) is 5.38. The van der Waals surface area contributed by atoms with Crippen LogP contribution in [0, 0.1) is 5.92 Å². The molecule has 17 heavy (non-hydrogen) atoms. The Morgan fingerprint density at radius 3 is 2.41 bits per heavy atom. The molecule has 2 atom stereocenters. The number of hydrogen-bond acceptors (Lipinski definition) is 1. The predicted octanol–water partition coefficient (Wildman–Crippen LogP) is 4.16. The van der Waals surface area contributed by atoms with Gasteiger partial charge in [-0.3, -0.25) is 0 Å². The Kier molecular flexibility index (Phi) is 4.63. The SMILES string of the molecule is CC(Cc1ccc(Br)cc1)NC(C)C1CCC1. The lowest BCUT2D eigenvalue weighted by Crippen LogP contribution is -2.42. The van der Waals surface area contributed by atoms with Crippen LogP contribution in [0.3, 0.4) is 0 Å². The molecule has 0 radical (unpaired) electrons. The fourth-order valence-electron chi connectivity index (χ4n) is 2.56. The molecule has 2 rings (SSSR count). The molecule has 2 heteroatoms. The second-order valence-corrected chi connectivity index (χ2v) is 6.29. The molecule has 0 bridgehead atoms. The molecule has 94 valence electrons. The monoisotopic (exact) mass is 295 g/mol. The van der Waals surface area contributed by atoms with Gasteiger partial charge in [-0.2, -0.15) is 0 Å². The number of hydrogen-bond donors (Lipinski definition) is 1. The zero-order chi connectivity index (χ0) is 12.3. The Morgan fingerprint density at radius 2 is 1.88 bits per heavy atom.